The third-order valence-corrected chi connectivity index (χ3v) is 7.67. The van der Waals surface area contributed by atoms with E-state index in [1.807, 2.05) is 33.8 Å². The quantitative estimate of drug-likeness (QED) is 0.301. The topological polar surface area (TPSA) is 90.8 Å². The van der Waals surface area contributed by atoms with E-state index in [0.717, 1.165) is 47.5 Å². The molecule has 1 aromatic carbocycles. The maximum Gasteiger partial charge on any atom is 0.297 e. The summed E-state index contributed by atoms with van der Waals surface area (Å²) in [7, 11) is 0. The second-order valence-corrected chi connectivity index (χ2v) is 10.7. The van der Waals surface area contributed by atoms with Gasteiger partial charge in [0, 0.05) is 21.5 Å². The first-order valence-electron chi connectivity index (χ1n) is 11.7. The number of benzene rings is 1. The van der Waals surface area contributed by atoms with Gasteiger partial charge in [0.05, 0.1) is 29.7 Å². The van der Waals surface area contributed by atoms with Gasteiger partial charge in [0.25, 0.3) is 5.56 Å². The molecule has 0 saturated heterocycles. The molecular weight excluding hydrogens is 543 g/mol. The summed E-state index contributed by atoms with van der Waals surface area (Å²) in [4.78, 5) is 13.4. The minimum Gasteiger partial charge on any atom is -0.391 e. The number of rotatable bonds is 4. The number of hydrogen-bond donors (Lipinski definition) is 1. The highest BCUT2D eigenvalue weighted by molar-refractivity contribution is 14.1. The summed E-state index contributed by atoms with van der Waals surface area (Å²) in [5, 5.41) is 26.3. The standard InChI is InChI=1S/C25H25IN6O2/c26-17-8-11-20-19(14-17)23-24(25(34)32(29-23)21-4-1-2-5-22(21)33)28-31(20)15-16-6-9-18(10-7-16)30-13-3-12-27-30/h3,6-7,9-14,17,21-22,33H,1-2,4-5,8,15H2/t17?,21?,22-/m1/s1. The van der Waals surface area contributed by atoms with Gasteiger partial charge in [-0.25, -0.2) is 9.36 Å². The summed E-state index contributed by atoms with van der Waals surface area (Å²) >= 11 is 2.41. The highest BCUT2D eigenvalue weighted by atomic mass is 127. The third-order valence-electron chi connectivity index (χ3n) is 6.80. The Morgan fingerprint density at radius 3 is 2.68 bits per heavy atom. The van der Waals surface area contributed by atoms with Gasteiger partial charge >= 0.3 is 0 Å². The average molecular weight is 568 g/mol. The molecule has 1 N–H and O–H groups in total. The summed E-state index contributed by atoms with van der Waals surface area (Å²) < 4.78 is 5.57. The van der Waals surface area contributed by atoms with Gasteiger partial charge in [-0.2, -0.15) is 15.3 Å². The second-order valence-electron chi connectivity index (χ2n) is 9.06. The first-order valence-corrected chi connectivity index (χ1v) is 13.0. The number of fused-ring (bicyclic) bond motifs is 3. The van der Waals surface area contributed by atoms with Crippen LogP contribution in [0.15, 0.2) is 47.5 Å². The van der Waals surface area contributed by atoms with Crippen molar-refractivity contribution in [3.8, 4) is 17.1 Å². The normalized spacial score (nSPS) is 22.2. The van der Waals surface area contributed by atoms with Crippen LogP contribution in [0.3, 0.4) is 0 Å². The Kier molecular flexibility index (Phi) is 5.60. The number of alkyl halides is 1. The van der Waals surface area contributed by atoms with Crippen LogP contribution in [0.5, 0.6) is 0 Å². The molecule has 174 valence electrons. The van der Waals surface area contributed by atoms with Crippen molar-refractivity contribution in [3.63, 3.8) is 0 Å². The van der Waals surface area contributed by atoms with E-state index in [9.17, 15) is 9.90 Å². The van der Waals surface area contributed by atoms with E-state index in [1.165, 1.54) is 4.68 Å². The number of nitrogens with zero attached hydrogens (tertiary/aromatic N) is 6. The van der Waals surface area contributed by atoms with Gasteiger partial charge in [0.15, 0.2) is 5.69 Å². The molecule has 1 fully saturated rings. The van der Waals surface area contributed by atoms with Gasteiger partial charge < -0.3 is 5.11 Å². The molecular formula is C25H25IN6O2. The molecule has 2 aliphatic carbocycles. The molecule has 2 aliphatic heterocycles. The molecule has 0 bridgehead atoms. The number of aliphatic hydroxyl groups excluding tert-OH is 1. The Morgan fingerprint density at radius 2 is 1.91 bits per heavy atom. The Morgan fingerprint density at radius 1 is 1.09 bits per heavy atom. The maximum atomic E-state index is 13.4. The monoisotopic (exact) mass is 568 g/mol. The van der Waals surface area contributed by atoms with Crippen LogP contribution in [0, 0.1) is 0 Å². The SMILES string of the molecule is O=c1c2nn(Cc3ccc(-n4cccn4)cc3)c3c(c-2nn1C1CCCC[C@H]1O)=CC(I)CC=3. The molecule has 4 aliphatic rings. The molecule has 0 amide bonds. The summed E-state index contributed by atoms with van der Waals surface area (Å²) in [6.07, 6.45) is 11.9. The fourth-order valence-corrected chi connectivity index (χ4v) is 5.65. The molecule has 6 rings (SSSR count). The Labute approximate surface area is 209 Å². The number of aromatic nitrogens is 6. The largest absolute Gasteiger partial charge is 0.391 e. The van der Waals surface area contributed by atoms with Crippen molar-refractivity contribution < 1.29 is 5.11 Å². The highest BCUT2D eigenvalue weighted by Crippen LogP contribution is 2.28. The van der Waals surface area contributed by atoms with Crippen molar-refractivity contribution in [3.05, 3.63) is 69.2 Å². The van der Waals surface area contributed by atoms with Crippen LogP contribution < -0.4 is 16.1 Å². The van der Waals surface area contributed by atoms with Crippen LogP contribution in [0.25, 0.3) is 29.2 Å². The number of hydrogen-bond acceptors (Lipinski definition) is 5. The summed E-state index contributed by atoms with van der Waals surface area (Å²) in [5.41, 5.74) is 2.88. The molecule has 34 heavy (non-hydrogen) atoms. The van der Waals surface area contributed by atoms with Gasteiger partial charge in [-0.1, -0.05) is 59.7 Å². The van der Waals surface area contributed by atoms with Gasteiger partial charge in [0.1, 0.15) is 5.69 Å². The van der Waals surface area contributed by atoms with Gasteiger partial charge in [-0.15, -0.1) is 0 Å². The molecule has 0 spiro atoms. The Hall–Kier alpha value is -2.79. The summed E-state index contributed by atoms with van der Waals surface area (Å²) in [5.74, 6) is 0. The van der Waals surface area contributed by atoms with Crippen molar-refractivity contribution >= 4 is 34.7 Å². The lowest BCUT2D eigenvalue weighted by molar-refractivity contribution is 0.0681. The van der Waals surface area contributed by atoms with Gasteiger partial charge in [0.2, 0.25) is 0 Å². The lowest BCUT2D eigenvalue weighted by Gasteiger charge is -2.26. The zero-order valence-corrected chi connectivity index (χ0v) is 20.7. The molecule has 3 heterocycles. The summed E-state index contributed by atoms with van der Waals surface area (Å²) in [6.45, 7) is 0.546. The van der Waals surface area contributed by atoms with E-state index in [4.69, 9.17) is 10.2 Å². The molecule has 1 aromatic heterocycles. The summed E-state index contributed by atoms with van der Waals surface area (Å²) in [6, 6.07) is 9.82. The number of halogens is 1. The lowest BCUT2D eigenvalue weighted by Crippen LogP contribution is -2.42. The first kappa shape index (κ1) is 21.7. The van der Waals surface area contributed by atoms with E-state index in [2.05, 4.69) is 52.0 Å². The van der Waals surface area contributed by atoms with E-state index < -0.39 is 6.10 Å². The molecule has 9 heteroatoms. The second kappa shape index (κ2) is 8.77. The van der Waals surface area contributed by atoms with E-state index in [0.29, 0.717) is 28.3 Å². The first-order chi connectivity index (χ1) is 16.6. The van der Waals surface area contributed by atoms with Crippen molar-refractivity contribution in [2.75, 3.05) is 0 Å². The van der Waals surface area contributed by atoms with Crippen LogP contribution in [0.1, 0.15) is 43.7 Å². The molecule has 1 saturated carbocycles. The molecule has 8 nitrogen and oxygen atoms in total. The van der Waals surface area contributed by atoms with Gasteiger partial charge in [-0.05, 0) is 43.0 Å². The lowest BCUT2D eigenvalue weighted by atomic mass is 9.93. The van der Waals surface area contributed by atoms with Crippen molar-refractivity contribution in [2.24, 2.45) is 0 Å². The predicted molar refractivity (Wildman–Crippen MR) is 138 cm³/mol. The highest BCUT2D eigenvalue weighted by Gasteiger charge is 2.31. The third kappa shape index (κ3) is 3.80. The van der Waals surface area contributed by atoms with Crippen LogP contribution in [0.4, 0.5) is 0 Å². The fraction of sp³-hybridized carbons (Fsp3) is 0.360. The predicted octanol–water partition coefficient (Wildman–Crippen LogP) is 2.02. The van der Waals surface area contributed by atoms with Crippen LogP contribution in [-0.4, -0.2) is 44.5 Å². The van der Waals surface area contributed by atoms with Gasteiger partial charge in [-0.3, -0.25) is 9.48 Å². The average Bonchev–Trinajstić information content (AvgIpc) is 3.49. The Balaban J connectivity index is 1.45. The molecule has 3 atom stereocenters. The van der Waals surface area contributed by atoms with Crippen LogP contribution in [0.2, 0.25) is 0 Å². The van der Waals surface area contributed by atoms with E-state index >= 15 is 0 Å². The minimum atomic E-state index is -0.542. The smallest absolute Gasteiger partial charge is 0.297 e. The molecule has 2 unspecified atom stereocenters. The minimum absolute atomic E-state index is 0.212. The van der Waals surface area contributed by atoms with Crippen LogP contribution in [-0.2, 0) is 6.54 Å². The van der Waals surface area contributed by atoms with Crippen molar-refractivity contribution in [1.82, 2.24) is 29.3 Å². The van der Waals surface area contributed by atoms with E-state index in [-0.39, 0.29) is 11.6 Å². The van der Waals surface area contributed by atoms with Crippen molar-refractivity contribution in [1.29, 1.82) is 0 Å². The maximum absolute atomic E-state index is 13.4. The number of aliphatic hydroxyl groups is 1. The fourth-order valence-electron chi connectivity index (χ4n) is 5.04. The zero-order chi connectivity index (χ0) is 23.2. The van der Waals surface area contributed by atoms with Crippen molar-refractivity contribution in [2.45, 2.75) is 54.7 Å². The Bertz CT molecular complexity index is 1470. The zero-order valence-electron chi connectivity index (χ0n) is 18.6. The van der Waals surface area contributed by atoms with E-state index in [1.54, 1.807) is 6.20 Å². The molecule has 2 aromatic rings. The van der Waals surface area contributed by atoms with Crippen LogP contribution >= 0.6 is 22.6 Å². The molecule has 0 radical (unpaired) electrons.